The quantitative estimate of drug-likeness (QED) is 0.703. The molecule has 3 aliphatic heterocycles. The fraction of sp³-hybridized carbons (Fsp3) is 0.273. The molecule has 2 aromatic carbocycles. The van der Waals surface area contributed by atoms with Crippen LogP contribution in [0.4, 0.5) is 5.69 Å². The molecule has 0 N–H and O–H groups in total. The second kappa shape index (κ2) is 7.66. The monoisotopic (exact) mass is 426 g/mol. The number of fused-ring (bicyclic) bond motifs is 1. The third-order valence-electron chi connectivity index (χ3n) is 5.30. The van der Waals surface area contributed by atoms with E-state index in [0.717, 1.165) is 0 Å². The van der Waals surface area contributed by atoms with Crippen molar-refractivity contribution in [3.8, 4) is 11.5 Å². The molecule has 8 heteroatoms. The lowest BCUT2D eigenvalue weighted by Gasteiger charge is -2.29. The summed E-state index contributed by atoms with van der Waals surface area (Å²) in [6, 6.07) is 12.0. The smallest absolute Gasteiger partial charge is 0.282 e. The number of imide groups is 1. The lowest BCUT2D eigenvalue weighted by Crippen LogP contribution is -2.40. The molecule has 0 unspecified atom stereocenters. The molecule has 154 valence electrons. The summed E-state index contributed by atoms with van der Waals surface area (Å²) >= 11 is 6.03. The molecule has 0 spiro atoms. The van der Waals surface area contributed by atoms with Gasteiger partial charge in [-0.05, 0) is 29.8 Å². The van der Waals surface area contributed by atoms with E-state index < -0.39 is 0 Å². The standard InChI is InChI=1S/C22H19ClN2O5/c23-15-3-1-14(2-4-15)19-20(24-7-9-28-10-8-24)22(27)25(21(19)26)16-5-6-17-18(13-16)30-12-11-29-17/h1-6,13H,7-12H2. The lowest BCUT2D eigenvalue weighted by atomic mass is 10.0. The van der Waals surface area contributed by atoms with Crippen molar-refractivity contribution >= 4 is 34.7 Å². The Morgan fingerprint density at radius 3 is 2.23 bits per heavy atom. The van der Waals surface area contributed by atoms with Crippen molar-refractivity contribution in [3.05, 3.63) is 58.7 Å². The number of anilines is 1. The maximum Gasteiger partial charge on any atom is 0.282 e. The number of carbonyl (C=O) groups excluding carboxylic acids is 2. The van der Waals surface area contributed by atoms with E-state index in [9.17, 15) is 9.59 Å². The van der Waals surface area contributed by atoms with Crippen LogP contribution in [0.15, 0.2) is 48.2 Å². The number of halogens is 1. The Bertz CT molecular complexity index is 1040. The van der Waals surface area contributed by atoms with Gasteiger partial charge in [-0.1, -0.05) is 23.7 Å². The van der Waals surface area contributed by atoms with Gasteiger partial charge in [0.25, 0.3) is 11.8 Å². The van der Waals surface area contributed by atoms with E-state index in [-0.39, 0.29) is 11.8 Å². The number of carbonyl (C=O) groups is 2. The zero-order chi connectivity index (χ0) is 20.7. The van der Waals surface area contributed by atoms with Crippen molar-refractivity contribution in [2.24, 2.45) is 0 Å². The van der Waals surface area contributed by atoms with Crippen LogP contribution >= 0.6 is 11.6 Å². The van der Waals surface area contributed by atoms with Gasteiger partial charge in [-0.2, -0.15) is 0 Å². The molecule has 0 radical (unpaired) electrons. The van der Waals surface area contributed by atoms with E-state index >= 15 is 0 Å². The topological polar surface area (TPSA) is 68.3 Å². The maximum absolute atomic E-state index is 13.5. The van der Waals surface area contributed by atoms with Crippen molar-refractivity contribution in [1.29, 1.82) is 0 Å². The Morgan fingerprint density at radius 1 is 0.800 bits per heavy atom. The molecule has 0 aromatic heterocycles. The summed E-state index contributed by atoms with van der Waals surface area (Å²) in [6.07, 6.45) is 0. The van der Waals surface area contributed by atoms with E-state index in [1.165, 1.54) is 4.90 Å². The molecule has 0 saturated carbocycles. The largest absolute Gasteiger partial charge is 0.486 e. The maximum atomic E-state index is 13.5. The average Bonchev–Trinajstić information content (AvgIpc) is 3.04. The fourth-order valence-electron chi connectivity index (χ4n) is 3.88. The highest BCUT2D eigenvalue weighted by atomic mass is 35.5. The van der Waals surface area contributed by atoms with Crippen LogP contribution in [-0.4, -0.2) is 56.2 Å². The van der Waals surface area contributed by atoms with Crippen molar-refractivity contribution in [2.45, 2.75) is 0 Å². The molecule has 30 heavy (non-hydrogen) atoms. The molecule has 1 saturated heterocycles. The van der Waals surface area contributed by atoms with Crippen LogP contribution in [0.3, 0.4) is 0 Å². The minimum atomic E-state index is -0.375. The molecule has 2 aromatic rings. The third kappa shape index (κ3) is 3.20. The molecule has 5 rings (SSSR count). The number of hydrogen-bond acceptors (Lipinski definition) is 6. The van der Waals surface area contributed by atoms with Gasteiger partial charge >= 0.3 is 0 Å². The summed E-state index contributed by atoms with van der Waals surface area (Å²) in [7, 11) is 0. The summed E-state index contributed by atoms with van der Waals surface area (Å²) in [6.45, 7) is 2.98. The molecular weight excluding hydrogens is 408 g/mol. The number of nitrogens with zero attached hydrogens (tertiary/aromatic N) is 2. The van der Waals surface area contributed by atoms with E-state index in [0.29, 0.717) is 78.6 Å². The zero-order valence-electron chi connectivity index (χ0n) is 16.1. The van der Waals surface area contributed by atoms with Crippen LogP contribution in [0.1, 0.15) is 5.56 Å². The number of ether oxygens (including phenoxy) is 3. The highest BCUT2D eigenvalue weighted by molar-refractivity contribution is 6.45. The zero-order valence-corrected chi connectivity index (χ0v) is 16.9. The summed E-state index contributed by atoms with van der Waals surface area (Å²) in [5.41, 5.74) is 1.86. The molecule has 7 nitrogen and oxygen atoms in total. The van der Waals surface area contributed by atoms with Gasteiger partial charge in [0, 0.05) is 24.2 Å². The van der Waals surface area contributed by atoms with E-state index in [2.05, 4.69) is 0 Å². The Kier molecular flexibility index (Phi) is 4.84. The van der Waals surface area contributed by atoms with E-state index in [1.807, 2.05) is 4.90 Å². The molecule has 1 fully saturated rings. The van der Waals surface area contributed by atoms with Gasteiger partial charge in [0.05, 0.1) is 24.5 Å². The molecular formula is C22H19ClN2O5. The number of morpholine rings is 1. The molecule has 3 aliphatic rings. The molecule has 0 atom stereocenters. The van der Waals surface area contributed by atoms with Gasteiger partial charge < -0.3 is 19.1 Å². The minimum absolute atomic E-state index is 0.358. The predicted molar refractivity (Wildman–Crippen MR) is 111 cm³/mol. The van der Waals surface area contributed by atoms with Gasteiger partial charge in [0.1, 0.15) is 18.9 Å². The van der Waals surface area contributed by atoms with Crippen molar-refractivity contribution in [1.82, 2.24) is 4.90 Å². The Hall–Kier alpha value is -3.03. The molecule has 0 aliphatic carbocycles. The lowest BCUT2D eigenvalue weighted by molar-refractivity contribution is -0.121. The summed E-state index contributed by atoms with van der Waals surface area (Å²) in [4.78, 5) is 30.1. The summed E-state index contributed by atoms with van der Waals surface area (Å²) in [5.74, 6) is 0.389. The number of amides is 2. The van der Waals surface area contributed by atoms with Gasteiger partial charge in [0.2, 0.25) is 0 Å². The number of hydrogen-bond donors (Lipinski definition) is 0. The first-order chi connectivity index (χ1) is 14.6. The normalized spacial score (nSPS) is 19.0. The predicted octanol–water partition coefficient (Wildman–Crippen LogP) is 2.73. The summed E-state index contributed by atoms with van der Waals surface area (Å²) in [5, 5.41) is 0.563. The van der Waals surface area contributed by atoms with E-state index in [4.69, 9.17) is 25.8 Å². The van der Waals surface area contributed by atoms with Gasteiger partial charge in [-0.15, -0.1) is 0 Å². The Morgan fingerprint density at radius 2 is 1.50 bits per heavy atom. The highest BCUT2D eigenvalue weighted by Gasteiger charge is 2.43. The minimum Gasteiger partial charge on any atom is -0.486 e. The van der Waals surface area contributed by atoms with Crippen molar-refractivity contribution in [2.75, 3.05) is 44.4 Å². The summed E-state index contributed by atoms with van der Waals surface area (Å²) < 4.78 is 16.6. The van der Waals surface area contributed by atoms with Gasteiger partial charge in [-0.3, -0.25) is 9.59 Å². The molecule has 3 heterocycles. The third-order valence-corrected chi connectivity index (χ3v) is 5.56. The van der Waals surface area contributed by atoms with Crippen LogP contribution < -0.4 is 14.4 Å². The average molecular weight is 427 g/mol. The Balaban J connectivity index is 1.58. The van der Waals surface area contributed by atoms with Crippen LogP contribution in [0.5, 0.6) is 11.5 Å². The Labute approximate surface area is 178 Å². The molecule has 0 bridgehead atoms. The van der Waals surface area contributed by atoms with Gasteiger partial charge in [-0.25, -0.2) is 4.90 Å². The first-order valence-electron chi connectivity index (χ1n) is 9.75. The highest BCUT2D eigenvalue weighted by Crippen LogP contribution is 2.39. The van der Waals surface area contributed by atoms with Gasteiger partial charge in [0.15, 0.2) is 11.5 Å². The van der Waals surface area contributed by atoms with Crippen LogP contribution in [0.2, 0.25) is 5.02 Å². The number of benzene rings is 2. The van der Waals surface area contributed by atoms with Crippen molar-refractivity contribution < 1.29 is 23.8 Å². The first-order valence-corrected chi connectivity index (χ1v) is 10.1. The van der Waals surface area contributed by atoms with Crippen molar-refractivity contribution in [3.63, 3.8) is 0 Å². The first kappa shape index (κ1) is 19.0. The van der Waals surface area contributed by atoms with Crippen LogP contribution in [0, 0.1) is 0 Å². The second-order valence-corrected chi connectivity index (χ2v) is 7.54. The van der Waals surface area contributed by atoms with Crippen LogP contribution in [0.25, 0.3) is 5.57 Å². The SMILES string of the molecule is O=C1C(c2ccc(Cl)cc2)=C(N2CCOCC2)C(=O)N1c1ccc2c(c1)OCCO2. The molecule has 2 amide bonds. The number of rotatable bonds is 3. The van der Waals surface area contributed by atoms with Crippen LogP contribution in [-0.2, 0) is 14.3 Å². The van der Waals surface area contributed by atoms with E-state index in [1.54, 1.807) is 42.5 Å². The second-order valence-electron chi connectivity index (χ2n) is 7.10. The fourth-order valence-corrected chi connectivity index (χ4v) is 4.01.